The normalized spacial score (nSPS) is 16.2. The third-order valence-corrected chi connectivity index (χ3v) is 4.49. The summed E-state index contributed by atoms with van der Waals surface area (Å²) in [7, 11) is 3.44. The summed E-state index contributed by atoms with van der Waals surface area (Å²) in [6.07, 6.45) is 3.60. The maximum atomic E-state index is 13.7. The number of nitrogens with zero attached hydrogens (tertiary/aromatic N) is 2. The van der Waals surface area contributed by atoms with Crippen LogP contribution >= 0.6 is 0 Å². The monoisotopic (exact) mass is 369 g/mol. The summed E-state index contributed by atoms with van der Waals surface area (Å²) in [5.74, 6) is -0.249. The molecule has 1 aliphatic heterocycles. The Morgan fingerprint density at radius 3 is 2.69 bits per heavy atom. The van der Waals surface area contributed by atoms with E-state index in [1.807, 2.05) is 0 Å². The number of likely N-dealkylation sites (tertiary alicyclic amines) is 1. The smallest absolute Gasteiger partial charge is 0.193 e. The van der Waals surface area contributed by atoms with E-state index in [4.69, 9.17) is 9.47 Å². The van der Waals surface area contributed by atoms with Crippen molar-refractivity contribution in [3.05, 3.63) is 35.4 Å². The van der Waals surface area contributed by atoms with Crippen LogP contribution in [-0.2, 0) is 15.9 Å². The lowest BCUT2D eigenvalue weighted by atomic mass is 10.1. The minimum atomic E-state index is -0.553. The SMILES string of the molecule is CN=C(NCCc1ccc(F)cc1F)N1CCC(OCCCOC)CC1. The fraction of sp³-hybridized carbons (Fsp3) is 0.632. The number of piperidine rings is 1. The maximum Gasteiger partial charge on any atom is 0.193 e. The molecule has 0 aromatic heterocycles. The van der Waals surface area contributed by atoms with Crippen molar-refractivity contribution in [3.63, 3.8) is 0 Å². The van der Waals surface area contributed by atoms with Crippen molar-refractivity contribution in [1.29, 1.82) is 0 Å². The highest BCUT2D eigenvalue weighted by atomic mass is 19.1. The third-order valence-electron chi connectivity index (χ3n) is 4.49. The molecule has 0 radical (unpaired) electrons. The molecule has 1 fully saturated rings. The first kappa shape index (κ1) is 20.6. The summed E-state index contributed by atoms with van der Waals surface area (Å²) in [5, 5.41) is 3.26. The average Bonchev–Trinajstić information content (AvgIpc) is 2.65. The van der Waals surface area contributed by atoms with E-state index < -0.39 is 11.6 Å². The number of rotatable bonds is 8. The molecule has 1 aliphatic rings. The highest BCUT2D eigenvalue weighted by molar-refractivity contribution is 5.79. The van der Waals surface area contributed by atoms with Gasteiger partial charge in [-0.05, 0) is 37.3 Å². The molecular weight excluding hydrogens is 340 g/mol. The lowest BCUT2D eigenvalue weighted by Crippen LogP contribution is -2.47. The van der Waals surface area contributed by atoms with Crippen molar-refractivity contribution in [2.75, 3.05) is 47.0 Å². The van der Waals surface area contributed by atoms with Crippen molar-refractivity contribution in [1.82, 2.24) is 10.2 Å². The van der Waals surface area contributed by atoms with E-state index in [1.165, 1.54) is 12.1 Å². The number of benzene rings is 1. The van der Waals surface area contributed by atoms with Gasteiger partial charge >= 0.3 is 0 Å². The molecule has 2 rings (SSSR count). The predicted molar refractivity (Wildman–Crippen MR) is 98.5 cm³/mol. The van der Waals surface area contributed by atoms with E-state index in [-0.39, 0.29) is 6.10 Å². The topological polar surface area (TPSA) is 46.1 Å². The molecule has 146 valence electrons. The predicted octanol–water partition coefficient (Wildman–Crippen LogP) is 2.60. The molecule has 1 aromatic rings. The molecule has 7 heteroatoms. The Bertz CT molecular complexity index is 576. The Labute approximate surface area is 154 Å². The number of aliphatic imine (C=N–C) groups is 1. The molecular formula is C19H29F2N3O2. The first-order valence-electron chi connectivity index (χ1n) is 9.14. The highest BCUT2D eigenvalue weighted by Gasteiger charge is 2.21. The molecule has 26 heavy (non-hydrogen) atoms. The van der Waals surface area contributed by atoms with Gasteiger partial charge in [0.15, 0.2) is 5.96 Å². The van der Waals surface area contributed by atoms with Crippen LogP contribution in [-0.4, -0.2) is 64.0 Å². The summed E-state index contributed by atoms with van der Waals surface area (Å²) >= 11 is 0. The lowest BCUT2D eigenvalue weighted by Gasteiger charge is -2.34. The Hall–Kier alpha value is -1.73. The molecule has 0 amide bonds. The summed E-state index contributed by atoms with van der Waals surface area (Å²) in [6.45, 7) is 3.75. The Morgan fingerprint density at radius 1 is 1.27 bits per heavy atom. The fourth-order valence-electron chi connectivity index (χ4n) is 3.05. The Kier molecular flexibility index (Phi) is 8.77. The quantitative estimate of drug-likeness (QED) is 0.435. The molecule has 0 saturated carbocycles. The average molecular weight is 369 g/mol. The molecule has 0 spiro atoms. The zero-order valence-corrected chi connectivity index (χ0v) is 15.6. The second-order valence-corrected chi connectivity index (χ2v) is 6.36. The molecule has 1 N–H and O–H groups in total. The number of halogens is 2. The number of guanidine groups is 1. The molecule has 5 nitrogen and oxygen atoms in total. The van der Waals surface area contributed by atoms with Crippen LogP contribution in [0.15, 0.2) is 23.2 Å². The fourth-order valence-corrected chi connectivity index (χ4v) is 3.05. The largest absolute Gasteiger partial charge is 0.385 e. The van der Waals surface area contributed by atoms with Crippen molar-refractivity contribution in [2.45, 2.75) is 31.8 Å². The van der Waals surface area contributed by atoms with Crippen LogP contribution < -0.4 is 5.32 Å². The van der Waals surface area contributed by atoms with Crippen molar-refractivity contribution >= 4 is 5.96 Å². The maximum absolute atomic E-state index is 13.7. The zero-order valence-electron chi connectivity index (χ0n) is 15.6. The van der Waals surface area contributed by atoms with E-state index in [1.54, 1.807) is 14.2 Å². The summed E-state index contributed by atoms with van der Waals surface area (Å²) in [4.78, 5) is 6.50. The lowest BCUT2D eigenvalue weighted by molar-refractivity contribution is 0.00991. The second-order valence-electron chi connectivity index (χ2n) is 6.36. The van der Waals surface area contributed by atoms with Gasteiger partial charge in [0.1, 0.15) is 11.6 Å². The minimum absolute atomic E-state index is 0.287. The van der Waals surface area contributed by atoms with Gasteiger partial charge < -0.3 is 19.7 Å². The Balaban J connectivity index is 1.71. The first-order chi connectivity index (χ1) is 12.6. The van der Waals surface area contributed by atoms with E-state index >= 15 is 0 Å². The molecule has 0 aliphatic carbocycles. The van der Waals surface area contributed by atoms with E-state index in [0.717, 1.165) is 57.6 Å². The van der Waals surface area contributed by atoms with Gasteiger partial charge in [0.2, 0.25) is 0 Å². The second kappa shape index (κ2) is 11.1. The number of methoxy groups -OCH3 is 1. The Morgan fingerprint density at radius 2 is 2.04 bits per heavy atom. The van der Waals surface area contributed by atoms with Gasteiger partial charge in [-0.25, -0.2) is 8.78 Å². The molecule has 0 atom stereocenters. The van der Waals surface area contributed by atoms with Gasteiger partial charge in [-0.2, -0.15) is 0 Å². The van der Waals surface area contributed by atoms with Crippen LogP contribution in [0.2, 0.25) is 0 Å². The van der Waals surface area contributed by atoms with Crippen molar-refractivity contribution < 1.29 is 18.3 Å². The first-order valence-corrected chi connectivity index (χ1v) is 9.14. The minimum Gasteiger partial charge on any atom is -0.385 e. The number of ether oxygens (including phenoxy) is 2. The van der Waals surface area contributed by atoms with Crippen LogP contribution in [0, 0.1) is 11.6 Å². The van der Waals surface area contributed by atoms with E-state index in [2.05, 4.69) is 15.2 Å². The van der Waals surface area contributed by atoms with Crippen LogP contribution in [0.4, 0.5) is 8.78 Å². The van der Waals surface area contributed by atoms with Gasteiger partial charge in [0, 0.05) is 53.1 Å². The van der Waals surface area contributed by atoms with Gasteiger partial charge in [0.25, 0.3) is 0 Å². The van der Waals surface area contributed by atoms with Crippen LogP contribution in [0.25, 0.3) is 0 Å². The summed E-state index contributed by atoms with van der Waals surface area (Å²) in [6, 6.07) is 3.69. The molecule has 0 bridgehead atoms. The van der Waals surface area contributed by atoms with E-state index in [9.17, 15) is 8.78 Å². The van der Waals surface area contributed by atoms with Gasteiger partial charge in [-0.3, -0.25) is 4.99 Å². The van der Waals surface area contributed by atoms with Gasteiger partial charge in [-0.15, -0.1) is 0 Å². The molecule has 1 heterocycles. The molecule has 1 aromatic carbocycles. The van der Waals surface area contributed by atoms with E-state index in [0.29, 0.717) is 18.5 Å². The number of nitrogens with one attached hydrogen (secondary N) is 1. The number of hydrogen-bond donors (Lipinski definition) is 1. The molecule has 1 saturated heterocycles. The van der Waals surface area contributed by atoms with Gasteiger partial charge in [0.05, 0.1) is 6.10 Å². The van der Waals surface area contributed by atoms with Crippen molar-refractivity contribution in [3.8, 4) is 0 Å². The van der Waals surface area contributed by atoms with Crippen LogP contribution in [0.5, 0.6) is 0 Å². The van der Waals surface area contributed by atoms with Crippen LogP contribution in [0.1, 0.15) is 24.8 Å². The zero-order chi connectivity index (χ0) is 18.8. The van der Waals surface area contributed by atoms with Crippen LogP contribution in [0.3, 0.4) is 0 Å². The third kappa shape index (κ3) is 6.53. The van der Waals surface area contributed by atoms with Gasteiger partial charge in [-0.1, -0.05) is 6.07 Å². The number of hydrogen-bond acceptors (Lipinski definition) is 3. The molecule has 0 unspecified atom stereocenters. The highest BCUT2D eigenvalue weighted by Crippen LogP contribution is 2.14. The standard InChI is InChI=1S/C19H29F2N3O2/c1-22-19(23-9-6-15-4-5-16(20)14-18(15)21)24-10-7-17(8-11-24)26-13-3-12-25-2/h4-5,14,17H,3,6-13H2,1-2H3,(H,22,23). The summed E-state index contributed by atoms with van der Waals surface area (Å²) < 4.78 is 37.5. The summed E-state index contributed by atoms with van der Waals surface area (Å²) in [5.41, 5.74) is 0.498. The van der Waals surface area contributed by atoms with Crippen molar-refractivity contribution in [2.24, 2.45) is 4.99 Å².